The second-order valence-corrected chi connectivity index (χ2v) is 15.0. The second kappa shape index (κ2) is 16.4. The van der Waals surface area contributed by atoms with Crippen LogP contribution in [0.15, 0.2) is 102 Å². The molecule has 2 amide bonds. The first kappa shape index (κ1) is 36.0. The lowest BCUT2D eigenvalue weighted by molar-refractivity contribution is -0.140. The summed E-state index contributed by atoms with van der Waals surface area (Å²) in [5.41, 5.74) is 3.84. The minimum atomic E-state index is -4.23. The van der Waals surface area contributed by atoms with Crippen LogP contribution in [0.2, 0.25) is 5.02 Å². The number of benzene rings is 4. The van der Waals surface area contributed by atoms with Gasteiger partial charge in [-0.1, -0.05) is 79.4 Å². The topological polar surface area (TPSA) is 96.0 Å². The molecule has 0 aromatic heterocycles. The molecule has 1 saturated carbocycles. The molecular formula is C39H44ClN3O5S. The molecule has 0 heterocycles. The van der Waals surface area contributed by atoms with Crippen LogP contribution in [-0.2, 0) is 32.6 Å². The Morgan fingerprint density at radius 3 is 2.22 bits per heavy atom. The zero-order valence-corrected chi connectivity index (χ0v) is 29.8. The Hall–Kier alpha value is -4.34. The summed E-state index contributed by atoms with van der Waals surface area (Å²) in [4.78, 5) is 30.6. The van der Waals surface area contributed by atoms with Crippen LogP contribution in [0.25, 0.3) is 0 Å². The van der Waals surface area contributed by atoms with Gasteiger partial charge in [-0.3, -0.25) is 13.9 Å². The molecule has 1 aliphatic rings. The average molecular weight is 702 g/mol. The molecule has 10 heteroatoms. The SMILES string of the molecule is COc1cccc(CN(C(=O)CN(c2ccc(C)c(C)c2)S(=O)(=O)c2ccc(Cl)cc2)C(Cc2ccccc2)C(=O)NC2CCCCC2)c1. The number of rotatable bonds is 13. The van der Waals surface area contributed by atoms with Crippen LogP contribution in [0.1, 0.15) is 54.4 Å². The molecule has 258 valence electrons. The fourth-order valence-electron chi connectivity index (χ4n) is 6.21. The average Bonchev–Trinajstić information content (AvgIpc) is 3.11. The third kappa shape index (κ3) is 9.22. The number of carbonyl (C=O) groups excluding carboxylic acids is 2. The second-order valence-electron chi connectivity index (χ2n) is 12.7. The minimum absolute atomic E-state index is 0.00171. The summed E-state index contributed by atoms with van der Waals surface area (Å²) in [7, 11) is -2.66. The molecule has 4 aromatic carbocycles. The minimum Gasteiger partial charge on any atom is -0.497 e. The number of nitrogens with zero attached hydrogens (tertiary/aromatic N) is 2. The first-order chi connectivity index (χ1) is 23.5. The Morgan fingerprint density at radius 2 is 1.55 bits per heavy atom. The number of ether oxygens (including phenoxy) is 1. The first-order valence-electron chi connectivity index (χ1n) is 16.7. The van der Waals surface area contributed by atoms with Crippen LogP contribution >= 0.6 is 11.6 Å². The molecule has 0 bridgehead atoms. The van der Waals surface area contributed by atoms with E-state index in [1.165, 1.54) is 29.2 Å². The third-order valence-corrected chi connectivity index (χ3v) is 11.2. The number of carbonyl (C=O) groups is 2. The quantitative estimate of drug-likeness (QED) is 0.159. The smallest absolute Gasteiger partial charge is 0.264 e. The summed E-state index contributed by atoms with van der Waals surface area (Å²) in [5.74, 6) is -0.165. The molecule has 1 fully saturated rings. The Labute approximate surface area is 295 Å². The van der Waals surface area contributed by atoms with Crippen molar-refractivity contribution in [3.8, 4) is 5.75 Å². The molecule has 1 unspecified atom stereocenters. The fraction of sp³-hybridized carbons (Fsp3) is 0.333. The molecule has 0 spiro atoms. The van der Waals surface area contributed by atoms with E-state index in [0.717, 1.165) is 58.7 Å². The highest BCUT2D eigenvalue weighted by Gasteiger charge is 2.35. The van der Waals surface area contributed by atoms with Gasteiger partial charge in [0.15, 0.2) is 0 Å². The van der Waals surface area contributed by atoms with E-state index < -0.39 is 28.5 Å². The van der Waals surface area contributed by atoms with E-state index in [9.17, 15) is 18.0 Å². The van der Waals surface area contributed by atoms with Crippen molar-refractivity contribution < 1.29 is 22.7 Å². The van der Waals surface area contributed by atoms with Gasteiger partial charge in [0.1, 0.15) is 18.3 Å². The molecule has 0 radical (unpaired) electrons. The van der Waals surface area contributed by atoms with E-state index in [0.29, 0.717) is 16.5 Å². The summed E-state index contributed by atoms with van der Waals surface area (Å²) in [6, 6.07) is 27.2. The maximum absolute atomic E-state index is 14.8. The van der Waals surface area contributed by atoms with Crippen molar-refractivity contribution in [2.75, 3.05) is 18.0 Å². The van der Waals surface area contributed by atoms with Gasteiger partial charge in [0, 0.05) is 24.0 Å². The van der Waals surface area contributed by atoms with Gasteiger partial charge in [-0.05, 0) is 97.5 Å². The number of aryl methyl sites for hydroxylation is 2. The maximum atomic E-state index is 14.8. The number of hydrogen-bond acceptors (Lipinski definition) is 5. The molecule has 1 atom stereocenters. The van der Waals surface area contributed by atoms with E-state index in [-0.39, 0.29) is 29.8 Å². The number of hydrogen-bond donors (Lipinski definition) is 1. The highest BCUT2D eigenvalue weighted by Crippen LogP contribution is 2.28. The molecule has 0 aliphatic heterocycles. The van der Waals surface area contributed by atoms with Gasteiger partial charge in [-0.25, -0.2) is 8.42 Å². The van der Waals surface area contributed by atoms with Gasteiger partial charge in [0.25, 0.3) is 10.0 Å². The van der Waals surface area contributed by atoms with Crippen molar-refractivity contribution in [3.05, 3.63) is 124 Å². The van der Waals surface area contributed by atoms with Crippen LogP contribution in [0.3, 0.4) is 0 Å². The molecule has 1 aliphatic carbocycles. The molecule has 5 rings (SSSR count). The maximum Gasteiger partial charge on any atom is 0.264 e. The number of amides is 2. The number of sulfonamides is 1. The van der Waals surface area contributed by atoms with Crippen LogP contribution in [0.5, 0.6) is 5.75 Å². The zero-order valence-electron chi connectivity index (χ0n) is 28.3. The summed E-state index contributed by atoms with van der Waals surface area (Å²) >= 11 is 6.11. The van der Waals surface area contributed by atoms with Crippen molar-refractivity contribution in [1.29, 1.82) is 0 Å². The lowest BCUT2D eigenvalue weighted by Gasteiger charge is -2.35. The third-order valence-electron chi connectivity index (χ3n) is 9.17. The molecule has 49 heavy (non-hydrogen) atoms. The number of nitrogens with one attached hydrogen (secondary N) is 1. The van der Waals surface area contributed by atoms with Gasteiger partial charge in [-0.15, -0.1) is 0 Å². The van der Waals surface area contributed by atoms with Gasteiger partial charge < -0.3 is 15.0 Å². The lowest BCUT2D eigenvalue weighted by atomic mass is 9.94. The van der Waals surface area contributed by atoms with Gasteiger partial charge in [0.05, 0.1) is 17.7 Å². The summed E-state index contributed by atoms with van der Waals surface area (Å²) in [6.45, 7) is 3.37. The lowest BCUT2D eigenvalue weighted by Crippen LogP contribution is -2.55. The fourth-order valence-corrected chi connectivity index (χ4v) is 7.74. The predicted octanol–water partition coefficient (Wildman–Crippen LogP) is 7.25. The predicted molar refractivity (Wildman–Crippen MR) is 194 cm³/mol. The largest absolute Gasteiger partial charge is 0.497 e. The summed E-state index contributed by atoms with van der Waals surface area (Å²) in [6.07, 6.45) is 5.23. The van der Waals surface area contributed by atoms with Crippen molar-refractivity contribution >= 4 is 39.1 Å². The Morgan fingerprint density at radius 1 is 0.857 bits per heavy atom. The van der Waals surface area contributed by atoms with Crippen molar-refractivity contribution in [2.45, 2.75) is 75.9 Å². The number of anilines is 1. The van der Waals surface area contributed by atoms with Crippen molar-refractivity contribution in [2.24, 2.45) is 0 Å². The van der Waals surface area contributed by atoms with E-state index >= 15 is 0 Å². The number of halogens is 1. The van der Waals surface area contributed by atoms with E-state index in [1.54, 1.807) is 19.2 Å². The van der Waals surface area contributed by atoms with Crippen LogP contribution in [0.4, 0.5) is 5.69 Å². The highest BCUT2D eigenvalue weighted by atomic mass is 35.5. The van der Waals surface area contributed by atoms with E-state index in [2.05, 4.69) is 5.32 Å². The van der Waals surface area contributed by atoms with Crippen LogP contribution in [-0.4, -0.2) is 50.9 Å². The highest BCUT2D eigenvalue weighted by molar-refractivity contribution is 7.92. The Bertz CT molecular complexity index is 1840. The first-order valence-corrected chi connectivity index (χ1v) is 18.5. The van der Waals surface area contributed by atoms with E-state index in [4.69, 9.17) is 16.3 Å². The molecule has 8 nitrogen and oxygen atoms in total. The Kier molecular flexibility index (Phi) is 12.0. The van der Waals surface area contributed by atoms with Crippen molar-refractivity contribution in [3.63, 3.8) is 0 Å². The Balaban J connectivity index is 1.58. The van der Waals surface area contributed by atoms with Crippen LogP contribution in [0, 0.1) is 13.8 Å². The molecular weight excluding hydrogens is 658 g/mol. The summed E-state index contributed by atoms with van der Waals surface area (Å²) in [5, 5.41) is 3.63. The molecule has 4 aromatic rings. The standard InChI is InChI=1S/C39H44ClN3O5S/c1-28-17-20-34(23-29(28)2)43(49(46,47)36-21-18-32(40)19-22-36)27-38(44)42(26-31-13-10-16-35(24-31)48-3)37(25-30-11-6-4-7-12-30)39(45)41-33-14-8-5-9-15-33/h4,6-7,10-13,16-24,33,37H,5,8-9,14-15,25-27H2,1-3H3,(H,41,45). The van der Waals surface area contributed by atoms with Crippen LogP contribution < -0.4 is 14.4 Å². The molecule has 1 N–H and O–H groups in total. The number of methoxy groups -OCH3 is 1. The summed E-state index contributed by atoms with van der Waals surface area (Å²) < 4.78 is 35.2. The van der Waals surface area contributed by atoms with Crippen molar-refractivity contribution in [1.82, 2.24) is 10.2 Å². The zero-order chi connectivity index (χ0) is 35.0. The molecule has 0 saturated heterocycles. The normalized spacial score (nSPS) is 14.1. The van der Waals surface area contributed by atoms with E-state index in [1.807, 2.05) is 74.5 Å². The van der Waals surface area contributed by atoms with Gasteiger partial charge in [-0.2, -0.15) is 0 Å². The van der Waals surface area contributed by atoms with Gasteiger partial charge >= 0.3 is 0 Å². The van der Waals surface area contributed by atoms with Gasteiger partial charge in [0.2, 0.25) is 11.8 Å². The monoisotopic (exact) mass is 701 g/mol.